The van der Waals surface area contributed by atoms with E-state index in [2.05, 4.69) is 4.98 Å². The van der Waals surface area contributed by atoms with Crippen molar-refractivity contribution in [2.75, 3.05) is 0 Å². The predicted molar refractivity (Wildman–Crippen MR) is 71.9 cm³/mol. The fraction of sp³-hybridized carbons (Fsp3) is 0.250. The molecular weight excluding hydrogens is 256 g/mol. The Labute approximate surface area is 109 Å². The van der Waals surface area contributed by atoms with E-state index >= 15 is 0 Å². The van der Waals surface area contributed by atoms with Crippen molar-refractivity contribution in [2.45, 2.75) is 19.4 Å². The molecule has 2 aromatic rings. The summed E-state index contributed by atoms with van der Waals surface area (Å²) in [5.74, 6) is 0. The fourth-order valence-electron chi connectivity index (χ4n) is 1.68. The van der Waals surface area contributed by atoms with E-state index in [1.807, 2.05) is 0 Å². The summed E-state index contributed by atoms with van der Waals surface area (Å²) in [4.78, 5) is 15.2. The van der Waals surface area contributed by atoms with Gasteiger partial charge in [-0.1, -0.05) is 11.6 Å². The average Bonchev–Trinajstić information content (AvgIpc) is 2.30. The third-order valence-electron chi connectivity index (χ3n) is 2.53. The smallest absolute Gasteiger partial charge is 0.262 e. The minimum Gasteiger partial charge on any atom is -0.332 e. The van der Waals surface area contributed by atoms with Gasteiger partial charge in [0.15, 0.2) is 4.77 Å². The SMILES string of the molecule is [CH]CCCn1c(=S)[nH]c2ccc(Cl)cc2c1=O. The molecule has 1 N–H and O–H groups in total. The van der Waals surface area contributed by atoms with Crippen LogP contribution in [0.25, 0.3) is 10.9 Å². The summed E-state index contributed by atoms with van der Waals surface area (Å²) < 4.78 is 1.93. The maximum absolute atomic E-state index is 12.2. The molecule has 1 aromatic carbocycles. The molecule has 88 valence electrons. The Balaban J connectivity index is 2.69. The number of nitrogens with one attached hydrogen (secondary N) is 1. The molecule has 0 unspecified atom stereocenters. The second-order valence-corrected chi connectivity index (χ2v) is 4.54. The van der Waals surface area contributed by atoms with Crippen molar-refractivity contribution < 1.29 is 0 Å². The van der Waals surface area contributed by atoms with Crippen LogP contribution in [0.2, 0.25) is 5.02 Å². The van der Waals surface area contributed by atoms with Gasteiger partial charge < -0.3 is 4.98 Å². The molecule has 0 bridgehead atoms. The van der Waals surface area contributed by atoms with Crippen molar-refractivity contribution >= 4 is 34.7 Å². The Bertz CT molecular complexity index is 660. The second kappa shape index (κ2) is 5.02. The summed E-state index contributed by atoms with van der Waals surface area (Å²) in [7, 11) is 0. The largest absolute Gasteiger partial charge is 0.332 e. The fourth-order valence-corrected chi connectivity index (χ4v) is 2.13. The van der Waals surface area contributed by atoms with Crippen LogP contribution < -0.4 is 5.56 Å². The molecule has 17 heavy (non-hydrogen) atoms. The van der Waals surface area contributed by atoms with E-state index in [1.54, 1.807) is 18.2 Å². The zero-order chi connectivity index (χ0) is 12.4. The number of rotatable bonds is 3. The Morgan fingerprint density at radius 3 is 2.94 bits per heavy atom. The van der Waals surface area contributed by atoms with Gasteiger partial charge >= 0.3 is 0 Å². The van der Waals surface area contributed by atoms with Crippen LogP contribution >= 0.6 is 23.8 Å². The van der Waals surface area contributed by atoms with Crippen molar-refractivity contribution in [2.24, 2.45) is 0 Å². The van der Waals surface area contributed by atoms with Gasteiger partial charge in [0.05, 0.1) is 10.9 Å². The number of aromatic nitrogens is 2. The van der Waals surface area contributed by atoms with Crippen LogP contribution in [0.5, 0.6) is 0 Å². The highest BCUT2D eigenvalue weighted by atomic mass is 35.5. The lowest BCUT2D eigenvalue weighted by atomic mass is 10.2. The first-order valence-corrected chi connectivity index (χ1v) is 6.04. The maximum Gasteiger partial charge on any atom is 0.262 e. The summed E-state index contributed by atoms with van der Waals surface area (Å²) in [5, 5.41) is 1.08. The number of aromatic amines is 1. The number of benzene rings is 1. The van der Waals surface area contributed by atoms with Crippen molar-refractivity contribution in [1.82, 2.24) is 9.55 Å². The third-order valence-corrected chi connectivity index (χ3v) is 3.09. The first kappa shape index (κ1) is 12.3. The Hall–Kier alpha value is -1.13. The monoisotopic (exact) mass is 266 g/mol. The topological polar surface area (TPSA) is 37.8 Å². The molecule has 2 rings (SSSR count). The molecule has 3 nitrogen and oxygen atoms in total. The van der Waals surface area contributed by atoms with Gasteiger partial charge in [0.25, 0.3) is 5.56 Å². The summed E-state index contributed by atoms with van der Waals surface area (Å²) in [6.45, 7) is 5.95. The van der Waals surface area contributed by atoms with Crippen LogP contribution in [0, 0.1) is 11.7 Å². The molecule has 0 spiro atoms. The average molecular weight is 267 g/mol. The molecule has 0 aliphatic rings. The number of fused-ring (bicyclic) bond motifs is 1. The quantitative estimate of drug-likeness (QED) is 0.867. The molecule has 0 saturated heterocycles. The standard InChI is InChI=1S/C12H11ClN2OS/c1-2-3-6-15-11(16)9-7-8(13)4-5-10(9)14-12(15)17/h1,4-5,7H,2-3,6H2,(H,14,17). The van der Waals surface area contributed by atoms with E-state index in [1.165, 1.54) is 4.57 Å². The van der Waals surface area contributed by atoms with E-state index in [4.69, 9.17) is 30.7 Å². The maximum atomic E-state index is 12.2. The molecular formula is C12H11ClN2OS. The van der Waals surface area contributed by atoms with Crippen molar-refractivity contribution in [3.8, 4) is 0 Å². The summed E-state index contributed by atoms with van der Waals surface area (Å²) >= 11 is 11.0. The molecule has 0 atom stereocenters. The summed E-state index contributed by atoms with van der Waals surface area (Å²) in [6, 6.07) is 5.12. The number of halogens is 1. The normalized spacial score (nSPS) is 10.9. The molecule has 0 amide bonds. The van der Waals surface area contributed by atoms with E-state index in [-0.39, 0.29) is 5.56 Å². The number of hydrogen-bond acceptors (Lipinski definition) is 2. The first-order chi connectivity index (χ1) is 8.13. The van der Waals surface area contributed by atoms with Crippen molar-refractivity contribution in [1.29, 1.82) is 0 Å². The lowest BCUT2D eigenvalue weighted by Gasteiger charge is -2.07. The third kappa shape index (κ3) is 2.42. The molecule has 0 aliphatic heterocycles. The van der Waals surface area contributed by atoms with Gasteiger partial charge in [0, 0.05) is 11.6 Å². The number of H-pyrrole nitrogens is 1. The predicted octanol–water partition coefficient (Wildman–Crippen LogP) is 3.20. The van der Waals surface area contributed by atoms with Gasteiger partial charge in [-0.15, -0.1) is 0 Å². The zero-order valence-electron chi connectivity index (χ0n) is 9.07. The summed E-state index contributed by atoms with van der Waals surface area (Å²) in [6.07, 6.45) is 1.23. The van der Waals surface area contributed by atoms with E-state index in [0.717, 1.165) is 0 Å². The van der Waals surface area contributed by atoms with Gasteiger partial charge in [-0.05, 0) is 50.2 Å². The molecule has 0 fully saturated rings. The van der Waals surface area contributed by atoms with E-state index in [0.29, 0.717) is 40.1 Å². The van der Waals surface area contributed by atoms with Crippen LogP contribution in [-0.2, 0) is 6.54 Å². The second-order valence-electron chi connectivity index (χ2n) is 3.72. The van der Waals surface area contributed by atoms with Crippen molar-refractivity contribution in [3.05, 3.63) is 45.3 Å². The van der Waals surface area contributed by atoms with Crippen molar-refractivity contribution in [3.63, 3.8) is 0 Å². The highest BCUT2D eigenvalue weighted by Crippen LogP contribution is 2.14. The van der Waals surface area contributed by atoms with E-state index in [9.17, 15) is 4.79 Å². The Morgan fingerprint density at radius 2 is 2.24 bits per heavy atom. The number of hydrogen-bond donors (Lipinski definition) is 1. The van der Waals surface area contributed by atoms with Gasteiger partial charge in [-0.3, -0.25) is 9.36 Å². The molecule has 5 heteroatoms. The minimum absolute atomic E-state index is 0.125. The zero-order valence-corrected chi connectivity index (χ0v) is 10.6. The summed E-state index contributed by atoms with van der Waals surface area (Å²) in [5.41, 5.74) is 0.577. The molecule has 2 radical (unpaired) electrons. The first-order valence-electron chi connectivity index (χ1n) is 5.26. The van der Waals surface area contributed by atoms with Crippen LogP contribution in [0.3, 0.4) is 0 Å². The lowest BCUT2D eigenvalue weighted by molar-refractivity contribution is 0.614. The molecule has 0 aliphatic carbocycles. The van der Waals surface area contributed by atoms with Crippen LogP contribution in [0.4, 0.5) is 0 Å². The number of unbranched alkanes of at least 4 members (excludes halogenated alkanes) is 1. The van der Waals surface area contributed by atoms with Crippen LogP contribution in [0.15, 0.2) is 23.0 Å². The van der Waals surface area contributed by atoms with Gasteiger partial charge in [-0.25, -0.2) is 0 Å². The van der Waals surface area contributed by atoms with Gasteiger partial charge in [0.2, 0.25) is 0 Å². The lowest BCUT2D eigenvalue weighted by Crippen LogP contribution is -2.22. The highest BCUT2D eigenvalue weighted by Gasteiger charge is 2.05. The van der Waals surface area contributed by atoms with Crippen LogP contribution in [0.1, 0.15) is 12.8 Å². The Kier molecular flexibility index (Phi) is 3.64. The van der Waals surface area contributed by atoms with Gasteiger partial charge in [0.1, 0.15) is 0 Å². The Morgan fingerprint density at radius 1 is 1.47 bits per heavy atom. The molecule has 0 saturated carbocycles. The molecule has 1 aromatic heterocycles. The molecule has 1 heterocycles. The van der Waals surface area contributed by atoms with E-state index < -0.39 is 0 Å². The number of nitrogens with zero attached hydrogens (tertiary/aromatic N) is 1. The minimum atomic E-state index is -0.125. The van der Waals surface area contributed by atoms with Gasteiger partial charge in [-0.2, -0.15) is 0 Å². The van der Waals surface area contributed by atoms with Crippen LogP contribution in [-0.4, -0.2) is 9.55 Å². The highest BCUT2D eigenvalue weighted by molar-refractivity contribution is 7.71.